The molecule has 2 nitrogen and oxygen atoms in total. The van der Waals surface area contributed by atoms with Crippen LogP contribution in [0.25, 0.3) is 0 Å². The van der Waals surface area contributed by atoms with Crippen LogP contribution in [0.5, 0.6) is 0 Å². The van der Waals surface area contributed by atoms with Gasteiger partial charge in [-0.15, -0.1) is 0 Å². The highest BCUT2D eigenvalue weighted by atomic mass is 15.2. The summed E-state index contributed by atoms with van der Waals surface area (Å²) in [5.74, 6) is 0. The van der Waals surface area contributed by atoms with E-state index >= 15 is 0 Å². The molecule has 2 heteroatoms. The quantitative estimate of drug-likeness (QED) is 0.799. The number of nitrogens with two attached hydrogens (primary N) is 1. The van der Waals surface area contributed by atoms with Crippen molar-refractivity contribution in [2.75, 3.05) is 11.4 Å². The highest BCUT2D eigenvalue weighted by Gasteiger charge is 2.31. The van der Waals surface area contributed by atoms with E-state index < -0.39 is 0 Å². The molecule has 0 fully saturated rings. The molecule has 0 saturated carbocycles. The van der Waals surface area contributed by atoms with Crippen LogP contribution < -0.4 is 10.6 Å². The number of aryl methyl sites for hydroxylation is 1. The first-order valence-corrected chi connectivity index (χ1v) is 5.75. The van der Waals surface area contributed by atoms with E-state index in [9.17, 15) is 0 Å². The Morgan fingerprint density at radius 3 is 2.87 bits per heavy atom. The SMILES string of the molecule is CCN1c2cccc(C)c2CC1C(C)N. The molecule has 0 saturated heterocycles. The maximum Gasteiger partial charge on any atom is 0.0479 e. The molecule has 82 valence electrons. The van der Waals surface area contributed by atoms with Crippen LogP contribution in [0.2, 0.25) is 0 Å². The van der Waals surface area contributed by atoms with Gasteiger partial charge in [0.25, 0.3) is 0 Å². The Labute approximate surface area is 92.1 Å². The molecule has 1 aromatic carbocycles. The Hall–Kier alpha value is -1.02. The van der Waals surface area contributed by atoms with Gasteiger partial charge in [0.05, 0.1) is 0 Å². The molecule has 0 bridgehead atoms. The number of benzene rings is 1. The molecule has 1 aliphatic rings. The fraction of sp³-hybridized carbons (Fsp3) is 0.538. The second kappa shape index (κ2) is 3.86. The van der Waals surface area contributed by atoms with Gasteiger partial charge in [-0.05, 0) is 44.4 Å². The van der Waals surface area contributed by atoms with Gasteiger partial charge < -0.3 is 10.6 Å². The van der Waals surface area contributed by atoms with Crippen LogP contribution in [0, 0.1) is 6.92 Å². The Bertz CT molecular complexity index is 358. The second-order valence-corrected chi connectivity index (χ2v) is 4.49. The highest BCUT2D eigenvalue weighted by Crippen LogP contribution is 2.34. The fourth-order valence-electron chi connectivity index (χ4n) is 2.59. The minimum Gasteiger partial charge on any atom is -0.367 e. The number of fused-ring (bicyclic) bond motifs is 1. The lowest BCUT2D eigenvalue weighted by Crippen LogP contribution is -2.44. The Morgan fingerprint density at radius 2 is 2.27 bits per heavy atom. The van der Waals surface area contributed by atoms with Crippen LogP contribution >= 0.6 is 0 Å². The molecule has 2 unspecified atom stereocenters. The molecular formula is C13H20N2. The molecular weight excluding hydrogens is 184 g/mol. The second-order valence-electron chi connectivity index (χ2n) is 4.49. The lowest BCUT2D eigenvalue weighted by atomic mass is 10.0. The maximum atomic E-state index is 6.05. The predicted molar refractivity (Wildman–Crippen MR) is 65.3 cm³/mol. The van der Waals surface area contributed by atoms with Crippen molar-refractivity contribution in [2.45, 2.75) is 39.3 Å². The molecule has 1 aromatic rings. The van der Waals surface area contributed by atoms with E-state index in [-0.39, 0.29) is 6.04 Å². The van der Waals surface area contributed by atoms with Gasteiger partial charge in [0, 0.05) is 24.3 Å². The molecule has 0 radical (unpaired) electrons. The first-order valence-electron chi connectivity index (χ1n) is 5.75. The number of anilines is 1. The molecule has 15 heavy (non-hydrogen) atoms. The predicted octanol–water partition coefficient (Wildman–Crippen LogP) is 2.09. The number of hydrogen-bond acceptors (Lipinski definition) is 2. The summed E-state index contributed by atoms with van der Waals surface area (Å²) in [6, 6.07) is 7.26. The number of rotatable bonds is 2. The summed E-state index contributed by atoms with van der Waals surface area (Å²) in [5, 5.41) is 0. The van der Waals surface area contributed by atoms with Crippen LogP contribution in [0.1, 0.15) is 25.0 Å². The Kier molecular flexibility index (Phi) is 2.70. The summed E-state index contributed by atoms with van der Waals surface area (Å²) < 4.78 is 0. The van der Waals surface area contributed by atoms with Gasteiger partial charge in [0.1, 0.15) is 0 Å². The van der Waals surface area contributed by atoms with Crippen LogP contribution in [0.3, 0.4) is 0 Å². The number of likely N-dealkylation sites (N-methyl/N-ethyl adjacent to an activating group) is 1. The average molecular weight is 204 g/mol. The molecule has 2 atom stereocenters. The Morgan fingerprint density at radius 1 is 1.53 bits per heavy atom. The zero-order valence-electron chi connectivity index (χ0n) is 9.83. The first-order chi connectivity index (χ1) is 7.15. The van der Waals surface area contributed by atoms with Crippen molar-refractivity contribution in [2.24, 2.45) is 5.73 Å². The lowest BCUT2D eigenvalue weighted by molar-refractivity contribution is 0.538. The molecule has 0 amide bonds. The smallest absolute Gasteiger partial charge is 0.0479 e. The highest BCUT2D eigenvalue weighted by molar-refractivity contribution is 5.62. The van der Waals surface area contributed by atoms with Gasteiger partial charge in [0.15, 0.2) is 0 Å². The van der Waals surface area contributed by atoms with Gasteiger partial charge in [0.2, 0.25) is 0 Å². The number of hydrogen-bond donors (Lipinski definition) is 1. The van der Waals surface area contributed by atoms with Crippen LogP contribution in [-0.2, 0) is 6.42 Å². The summed E-state index contributed by atoms with van der Waals surface area (Å²) >= 11 is 0. The molecule has 1 aliphatic heterocycles. The van der Waals surface area contributed by atoms with Crippen molar-refractivity contribution in [1.29, 1.82) is 0 Å². The van der Waals surface area contributed by atoms with Gasteiger partial charge in [-0.25, -0.2) is 0 Å². The van der Waals surface area contributed by atoms with Crippen LogP contribution in [0.15, 0.2) is 18.2 Å². The molecule has 2 N–H and O–H groups in total. The Balaban J connectivity index is 2.41. The summed E-state index contributed by atoms with van der Waals surface area (Å²) in [4.78, 5) is 2.44. The van der Waals surface area contributed by atoms with Crippen molar-refractivity contribution in [3.05, 3.63) is 29.3 Å². The van der Waals surface area contributed by atoms with Gasteiger partial charge in [-0.2, -0.15) is 0 Å². The van der Waals surface area contributed by atoms with Gasteiger partial charge in [-0.3, -0.25) is 0 Å². The van der Waals surface area contributed by atoms with E-state index in [4.69, 9.17) is 5.73 Å². The molecule has 0 aliphatic carbocycles. The largest absolute Gasteiger partial charge is 0.367 e. The van der Waals surface area contributed by atoms with Crippen LogP contribution in [0.4, 0.5) is 5.69 Å². The van der Waals surface area contributed by atoms with E-state index in [1.54, 1.807) is 0 Å². The normalized spacial score (nSPS) is 21.6. The van der Waals surface area contributed by atoms with Crippen LogP contribution in [-0.4, -0.2) is 18.6 Å². The molecule has 0 spiro atoms. The van der Waals surface area contributed by atoms with Crippen molar-refractivity contribution in [1.82, 2.24) is 0 Å². The standard InChI is InChI=1S/C13H20N2/c1-4-15-12-7-5-6-9(2)11(12)8-13(15)10(3)14/h5-7,10,13H,4,8,14H2,1-3H3. The zero-order chi connectivity index (χ0) is 11.0. The third-order valence-electron chi connectivity index (χ3n) is 3.46. The van der Waals surface area contributed by atoms with Crippen molar-refractivity contribution in [3.8, 4) is 0 Å². The maximum absolute atomic E-state index is 6.05. The van der Waals surface area contributed by atoms with Crippen molar-refractivity contribution >= 4 is 5.69 Å². The molecule has 1 heterocycles. The lowest BCUT2D eigenvalue weighted by Gasteiger charge is -2.28. The average Bonchev–Trinajstić information content (AvgIpc) is 2.57. The minimum atomic E-state index is 0.233. The van der Waals surface area contributed by atoms with E-state index in [1.807, 2.05) is 0 Å². The fourth-order valence-corrected chi connectivity index (χ4v) is 2.59. The zero-order valence-corrected chi connectivity index (χ0v) is 9.83. The van der Waals surface area contributed by atoms with E-state index in [0.29, 0.717) is 6.04 Å². The third kappa shape index (κ3) is 1.63. The van der Waals surface area contributed by atoms with E-state index in [2.05, 4.69) is 43.9 Å². The minimum absolute atomic E-state index is 0.233. The first kappa shape index (κ1) is 10.5. The van der Waals surface area contributed by atoms with Gasteiger partial charge >= 0.3 is 0 Å². The summed E-state index contributed by atoms with van der Waals surface area (Å²) in [5.41, 5.74) is 10.3. The summed E-state index contributed by atoms with van der Waals surface area (Å²) in [7, 11) is 0. The van der Waals surface area contributed by atoms with Crippen molar-refractivity contribution in [3.63, 3.8) is 0 Å². The van der Waals surface area contributed by atoms with E-state index in [0.717, 1.165) is 13.0 Å². The summed E-state index contributed by atoms with van der Waals surface area (Å²) in [6.45, 7) is 7.54. The summed E-state index contributed by atoms with van der Waals surface area (Å²) in [6.07, 6.45) is 1.10. The van der Waals surface area contributed by atoms with Gasteiger partial charge in [-0.1, -0.05) is 12.1 Å². The monoisotopic (exact) mass is 204 g/mol. The van der Waals surface area contributed by atoms with E-state index in [1.165, 1.54) is 16.8 Å². The van der Waals surface area contributed by atoms with Crippen molar-refractivity contribution < 1.29 is 0 Å². The molecule has 0 aromatic heterocycles. The topological polar surface area (TPSA) is 29.3 Å². The molecule has 2 rings (SSSR count). The number of nitrogens with zero attached hydrogens (tertiary/aromatic N) is 1. The third-order valence-corrected chi connectivity index (χ3v) is 3.46.